The van der Waals surface area contributed by atoms with Crippen LogP contribution in [0.4, 0.5) is 11.4 Å². The minimum absolute atomic E-state index is 0.187. The van der Waals surface area contributed by atoms with Crippen molar-refractivity contribution in [3.63, 3.8) is 0 Å². The molecule has 2 aliphatic rings. The Labute approximate surface area is 217 Å². The number of imide groups is 1. The number of amides is 3. The van der Waals surface area contributed by atoms with Gasteiger partial charge in [0, 0.05) is 21.2 Å². The molecule has 0 saturated carbocycles. The molecule has 0 radical (unpaired) electrons. The normalized spacial score (nSPS) is 14.8. The third-order valence-corrected chi connectivity index (χ3v) is 7.77. The molecule has 0 aliphatic carbocycles. The molecule has 7 heteroatoms. The number of halogens is 1. The van der Waals surface area contributed by atoms with Crippen molar-refractivity contribution >= 4 is 52.5 Å². The summed E-state index contributed by atoms with van der Waals surface area (Å²) in [6, 6.07) is 28.1. The Hall–Kier alpha value is -3.87. The second kappa shape index (κ2) is 8.97. The summed E-state index contributed by atoms with van der Waals surface area (Å²) in [6.45, 7) is 0. The lowest BCUT2D eigenvalue weighted by molar-refractivity contribution is -0.121. The Kier molecular flexibility index (Phi) is 5.63. The van der Waals surface area contributed by atoms with Gasteiger partial charge in [0.15, 0.2) is 0 Å². The SMILES string of the molecule is O=C([C@H](Cc1ccccc1)N1C(=O)c2ccccc2C1=O)N1c2ccccc2Sc2ccc(Cl)cc21. The van der Waals surface area contributed by atoms with E-state index in [1.54, 1.807) is 53.1 Å². The number of hydrogen-bond acceptors (Lipinski definition) is 4. The highest BCUT2D eigenvalue weighted by molar-refractivity contribution is 7.99. The number of nitrogens with zero attached hydrogens (tertiary/aromatic N) is 2. The van der Waals surface area contributed by atoms with Crippen molar-refractivity contribution in [1.29, 1.82) is 0 Å². The van der Waals surface area contributed by atoms with Gasteiger partial charge in [0.25, 0.3) is 17.7 Å². The molecule has 2 aliphatic heterocycles. The second-order valence-electron chi connectivity index (χ2n) is 8.59. The lowest BCUT2D eigenvalue weighted by atomic mass is 10.0. The minimum Gasteiger partial charge on any atom is -0.277 e. The first-order valence-electron chi connectivity index (χ1n) is 11.4. The van der Waals surface area contributed by atoms with Crippen LogP contribution in [0.2, 0.25) is 5.02 Å². The molecule has 2 heterocycles. The Morgan fingerprint density at radius 1 is 0.750 bits per heavy atom. The van der Waals surface area contributed by atoms with Gasteiger partial charge in [0.1, 0.15) is 6.04 Å². The fraction of sp³-hybridized carbons (Fsp3) is 0.0690. The molecule has 3 amide bonds. The van der Waals surface area contributed by atoms with Crippen LogP contribution in [0.15, 0.2) is 107 Å². The smallest absolute Gasteiger partial charge is 0.262 e. The van der Waals surface area contributed by atoms with Gasteiger partial charge in [-0.05, 0) is 48.0 Å². The van der Waals surface area contributed by atoms with Gasteiger partial charge >= 0.3 is 0 Å². The van der Waals surface area contributed by atoms with Crippen molar-refractivity contribution in [2.24, 2.45) is 0 Å². The maximum Gasteiger partial charge on any atom is 0.262 e. The predicted molar refractivity (Wildman–Crippen MR) is 140 cm³/mol. The van der Waals surface area contributed by atoms with Gasteiger partial charge in [-0.15, -0.1) is 0 Å². The molecule has 0 N–H and O–H groups in total. The Balaban J connectivity index is 1.50. The second-order valence-corrected chi connectivity index (χ2v) is 10.1. The monoisotopic (exact) mass is 510 g/mol. The van der Waals surface area contributed by atoms with E-state index in [1.807, 2.05) is 60.7 Å². The first-order chi connectivity index (χ1) is 17.5. The van der Waals surface area contributed by atoms with E-state index in [-0.39, 0.29) is 12.3 Å². The molecule has 1 atom stereocenters. The molecule has 4 aromatic rings. The fourth-order valence-electron chi connectivity index (χ4n) is 4.73. The summed E-state index contributed by atoms with van der Waals surface area (Å²) in [5, 5.41) is 0.492. The van der Waals surface area contributed by atoms with Crippen LogP contribution in [-0.2, 0) is 11.2 Å². The molecule has 0 spiro atoms. The van der Waals surface area contributed by atoms with Crippen LogP contribution in [0.3, 0.4) is 0 Å². The zero-order chi connectivity index (χ0) is 24.8. The number of rotatable bonds is 4. The van der Waals surface area contributed by atoms with Crippen molar-refractivity contribution in [2.45, 2.75) is 22.3 Å². The summed E-state index contributed by atoms with van der Waals surface area (Å²) >= 11 is 7.90. The molecule has 0 unspecified atom stereocenters. The summed E-state index contributed by atoms with van der Waals surface area (Å²) in [7, 11) is 0. The van der Waals surface area contributed by atoms with Crippen LogP contribution < -0.4 is 4.90 Å². The van der Waals surface area contributed by atoms with Crippen molar-refractivity contribution in [3.8, 4) is 0 Å². The molecule has 36 heavy (non-hydrogen) atoms. The van der Waals surface area contributed by atoms with Gasteiger partial charge in [0.2, 0.25) is 0 Å². The van der Waals surface area contributed by atoms with E-state index < -0.39 is 17.9 Å². The minimum atomic E-state index is -1.05. The van der Waals surface area contributed by atoms with Crippen LogP contribution in [0, 0.1) is 0 Å². The lowest BCUT2D eigenvalue weighted by Gasteiger charge is -2.35. The lowest BCUT2D eigenvalue weighted by Crippen LogP contribution is -2.51. The van der Waals surface area contributed by atoms with Gasteiger partial charge in [-0.2, -0.15) is 0 Å². The van der Waals surface area contributed by atoms with E-state index in [9.17, 15) is 14.4 Å². The largest absolute Gasteiger partial charge is 0.277 e. The number of carbonyl (C=O) groups is 3. The Bertz CT molecular complexity index is 1500. The Morgan fingerprint density at radius 2 is 1.36 bits per heavy atom. The fourth-order valence-corrected chi connectivity index (χ4v) is 5.94. The van der Waals surface area contributed by atoms with Gasteiger partial charge in [-0.3, -0.25) is 24.2 Å². The van der Waals surface area contributed by atoms with Crippen molar-refractivity contribution in [1.82, 2.24) is 4.90 Å². The summed E-state index contributed by atoms with van der Waals surface area (Å²) < 4.78 is 0. The van der Waals surface area contributed by atoms with Crippen LogP contribution in [0.1, 0.15) is 26.3 Å². The zero-order valence-corrected chi connectivity index (χ0v) is 20.5. The zero-order valence-electron chi connectivity index (χ0n) is 18.9. The molecule has 0 fully saturated rings. The van der Waals surface area contributed by atoms with Gasteiger partial charge in [-0.1, -0.05) is 78.0 Å². The van der Waals surface area contributed by atoms with Gasteiger partial charge in [-0.25, -0.2) is 0 Å². The predicted octanol–water partition coefficient (Wildman–Crippen LogP) is 6.38. The first kappa shape index (κ1) is 22.6. The molecule has 0 aromatic heterocycles. The summed E-state index contributed by atoms with van der Waals surface area (Å²) in [6.07, 6.45) is 0.187. The summed E-state index contributed by atoms with van der Waals surface area (Å²) in [5.41, 5.74) is 2.79. The molecular formula is C29H19ClN2O3S. The highest BCUT2D eigenvalue weighted by Gasteiger charge is 2.45. The summed E-state index contributed by atoms with van der Waals surface area (Å²) in [5.74, 6) is -1.30. The van der Waals surface area contributed by atoms with Crippen LogP contribution in [0.5, 0.6) is 0 Å². The van der Waals surface area contributed by atoms with Gasteiger partial charge < -0.3 is 0 Å². The highest BCUT2D eigenvalue weighted by atomic mass is 35.5. The molecular weight excluding hydrogens is 492 g/mol. The molecule has 0 bridgehead atoms. The standard InChI is InChI=1S/C29H19ClN2O3S/c30-19-14-15-26-23(17-19)31(22-12-6-7-13-25(22)36-26)29(35)24(16-18-8-2-1-3-9-18)32-27(33)20-10-4-5-11-21(20)28(32)34/h1-15,17,24H,16H2/t24-/m0/s1. The van der Waals surface area contributed by atoms with Crippen molar-refractivity contribution in [2.75, 3.05) is 4.90 Å². The van der Waals surface area contributed by atoms with E-state index in [0.717, 1.165) is 20.3 Å². The number of hydrogen-bond donors (Lipinski definition) is 0. The van der Waals surface area contributed by atoms with Crippen molar-refractivity contribution < 1.29 is 14.4 Å². The quantitative estimate of drug-likeness (QED) is 0.299. The van der Waals surface area contributed by atoms with E-state index in [0.29, 0.717) is 27.5 Å². The van der Waals surface area contributed by atoms with E-state index in [4.69, 9.17) is 11.6 Å². The first-order valence-corrected chi connectivity index (χ1v) is 12.6. The van der Waals surface area contributed by atoms with Crippen LogP contribution >= 0.6 is 23.4 Å². The molecule has 6 rings (SSSR count). The third kappa shape index (κ3) is 3.70. The number of anilines is 2. The molecule has 0 saturated heterocycles. The number of benzene rings is 4. The van der Waals surface area contributed by atoms with Crippen LogP contribution in [0.25, 0.3) is 0 Å². The maximum absolute atomic E-state index is 14.5. The summed E-state index contributed by atoms with van der Waals surface area (Å²) in [4.78, 5) is 45.9. The van der Waals surface area contributed by atoms with E-state index in [1.165, 1.54) is 0 Å². The molecule has 5 nitrogen and oxygen atoms in total. The number of fused-ring (bicyclic) bond motifs is 3. The van der Waals surface area contributed by atoms with Gasteiger partial charge in [0.05, 0.1) is 22.5 Å². The third-order valence-electron chi connectivity index (χ3n) is 6.40. The number of carbonyl (C=O) groups excluding carboxylic acids is 3. The molecule has 4 aromatic carbocycles. The van der Waals surface area contributed by atoms with E-state index >= 15 is 0 Å². The van der Waals surface area contributed by atoms with Crippen molar-refractivity contribution in [3.05, 3.63) is 119 Å². The average molecular weight is 511 g/mol. The molecule has 176 valence electrons. The highest BCUT2D eigenvalue weighted by Crippen LogP contribution is 2.49. The topological polar surface area (TPSA) is 57.7 Å². The number of para-hydroxylation sites is 1. The average Bonchev–Trinajstić information content (AvgIpc) is 3.16. The Morgan fingerprint density at radius 3 is 2.08 bits per heavy atom. The van der Waals surface area contributed by atoms with Crippen LogP contribution in [-0.4, -0.2) is 28.7 Å². The maximum atomic E-state index is 14.5. The van der Waals surface area contributed by atoms with E-state index in [2.05, 4.69) is 0 Å².